The highest BCUT2D eigenvalue weighted by Gasteiger charge is 2.72. The van der Waals surface area contributed by atoms with Gasteiger partial charge in [-0.1, -0.05) is 52.6 Å². The van der Waals surface area contributed by atoms with Crippen LogP contribution in [0.1, 0.15) is 33.6 Å². The molecule has 74 valence electrons. The summed E-state index contributed by atoms with van der Waals surface area (Å²) in [6, 6.07) is 0. The highest BCUT2D eigenvalue weighted by molar-refractivity contribution is 9.13. The molecule has 13 heavy (non-hydrogen) atoms. The van der Waals surface area contributed by atoms with Gasteiger partial charge < -0.3 is 0 Å². The minimum absolute atomic E-state index is 0.119. The zero-order valence-corrected chi connectivity index (χ0v) is 11.3. The molecule has 2 aliphatic carbocycles. The van der Waals surface area contributed by atoms with E-state index >= 15 is 0 Å². The molecule has 1 nitrogen and oxygen atoms in total. The maximum Gasteiger partial charge on any atom is 0.156 e. The minimum Gasteiger partial charge on any atom is -0.297 e. The predicted molar refractivity (Wildman–Crippen MR) is 60.5 cm³/mol. The first-order valence-corrected chi connectivity index (χ1v) is 6.35. The molecule has 0 saturated heterocycles. The molecular formula is C10H14Br2O. The Balaban J connectivity index is 2.59. The molecule has 2 bridgehead atoms. The zero-order chi connectivity index (χ0) is 10.1. The molecule has 0 radical (unpaired) electrons. The van der Waals surface area contributed by atoms with Gasteiger partial charge in [0, 0.05) is 10.2 Å². The Bertz CT molecular complexity index is 280. The minimum atomic E-state index is -0.286. The van der Waals surface area contributed by atoms with Crippen molar-refractivity contribution in [1.29, 1.82) is 0 Å². The van der Waals surface area contributed by atoms with Crippen LogP contribution in [0.15, 0.2) is 0 Å². The standard InChI is InChI=1S/C10H14Br2O/c1-8(2)7(13)10(12)5-4-9(8,3)6(10)11/h6H,4-5H2,1-3H3/t6-,9-,10-/m0/s1. The van der Waals surface area contributed by atoms with Crippen molar-refractivity contribution in [3.05, 3.63) is 0 Å². The van der Waals surface area contributed by atoms with E-state index in [0.717, 1.165) is 12.8 Å². The molecule has 2 saturated carbocycles. The SMILES string of the molecule is CC1(C)C(=O)[C@]2(Br)CC[C@@]1(C)[C@@H]2Br. The van der Waals surface area contributed by atoms with E-state index in [1.165, 1.54) is 0 Å². The Morgan fingerprint density at radius 3 is 2.08 bits per heavy atom. The lowest BCUT2D eigenvalue weighted by molar-refractivity contribution is -0.131. The predicted octanol–water partition coefficient (Wildman–Crippen LogP) is 3.29. The topological polar surface area (TPSA) is 17.1 Å². The van der Waals surface area contributed by atoms with Gasteiger partial charge in [0.25, 0.3) is 0 Å². The van der Waals surface area contributed by atoms with Crippen molar-refractivity contribution >= 4 is 37.6 Å². The van der Waals surface area contributed by atoms with Crippen molar-refractivity contribution in [3.63, 3.8) is 0 Å². The van der Waals surface area contributed by atoms with Crippen LogP contribution in [0.3, 0.4) is 0 Å². The van der Waals surface area contributed by atoms with Gasteiger partial charge in [-0.25, -0.2) is 0 Å². The summed E-state index contributed by atoms with van der Waals surface area (Å²) in [7, 11) is 0. The number of Topliss-reactive ketones (excluding diaryl/α,β-unsaturated/α-hetero) is 1. The quantitative estimate of drug-likeness (QED) is 0.628. The molecule has 2 fully saturated rings. The van der Waals surface area contributed by atoms with Crippen LogP contribution in [0.25, 0.3) is 0 Å². The summed E-state index contributed by atoms with van der Waals surface area (Å²) >= 11 is 7.32. The van der Waals surface area contributed by atoms with Crippen molar-refractivity contribution in [2.45, 2.75) is 42.8 Å². The van der Waals surface area contributed by atoms with Crippen LogP contribution in [0.2, 0.25) is 0 Å². The lowest BCUT2D eigenvalue weighted by atomic mass is 9.66. The lowest BCUT2D eigenvalue weighted by Gasteiger charge is -2.38. The van der Waals surface area contributed by atoms with Crippen LogP contribution in [0.5, 0.6) is 0 Å². The fourth-order valence-corrected chi connectivity index (χ4v) is 5.27. The lowest BCUT2D eigenvalue weighted by Crippen LogP contribution is -2.41. The van der Waals surface area contributed by atoms with E-state index in [1.807, 2.05) is 0 Å². The molecule has 0 aliphatic heterocycles. The van der Waals surface area contributed by atoms with Gasteiger partial charge in [-0.3, -0.25) is 4.79 Å². The van der Waals surface area contributed by atoms with Crippen LogP contribution >= 0.6 is 31.9 Å². The monoisotopic (exact) mass is 308 g/mol. The molecule has 0 aromatic rings. The van der Waals surface area contributed by atoms with Gasteiger partial charge in [-0.15, -0.1) is 0 Å². The third kappa shape index (κ3) is 0.865. The number of hydrogen-bond acceptors (Lipinski definition) is 1. The second-order valence-corrected chi connectivity index (χ2v) is 7.43. The number of fused-ring (bicyclic) bond motifs is 2. The molecule has 2 rings (SSSR count). The highest BCUT2D eigenvalue weighted by atomic mass is 79.9. The fraction of sp³-hybridized carbons (Fsp3) is 0.900. The van der Waals surface area contributed by atoms with E-state index in [1.54, 1.807) is 0 Å². The Hall–Kier alpha value is 0.630. The van der Waals surface area contributed by atoms with Crippen molar-refractivity contribution < 1.29 is 4.79 Å². The maximum absolute atomic E-state index is 12.1. The first kappa shape index (κ1) is 10.2. The van der Waals surface area contributed by atoms with E-state index in [9.17, 15) is 4.79 Å². The largest absolute Gasteiger partial charge is 0.297 e. The molecule has 2 aliphatic rings. The summed E-state index contributed by atoms with van der Waals surface area (Å²) in [5.74, 6) is 0.371. The van der Waals surface area contributed by atoms with E-state index in [2.05, 4.69) is 52.6 Å². The van der Waals surface area contributed by atoms with E-state index < -0.39 is 0 Å². The van der Waals surface area contributed by atoms with Crippen LogP contribution < -0.4 is 0 Å². The van der Waals surface area contributed by atoms with Crippen LogP contribution in [0.4, 0.5) is 0 Å². The van der Waals surface area contributed by atoms with Crippen molar-refractivity contribution in [3.8, 4) is 0 Å². The van der Waals surface area contributed by atoms with Gasteiger partial charge in [0.05, 0.1) is 4.32 Å². The van der Waals surface area contributed by atoms with Gasteiger partial charge in [0.15, 0.2) is 5.78 Å². The Morgan fingerprint density at radius 1 is 1.31 bits per heavy atom. The summed E-state index contributed by atoms with van der Waals surface area (Å²) in [5, 5.41) is 0. The maximum atomic E-state index is 12.1. The molecule has 3 atom stereocenters. The third-order valence-electron chi connectivity index (χ3n) is 4.34. The summed E-state index contributed by atoms with van der Waals surface area (Å²) in [6.07, 6.45) is 2.11. The number of rotatable bonds is 0. The second kappa shape index (κ2) is 2.41. The molecular weight excluding hydrogens is 296 g/mol. The number of carbonyl (C=O) groups is 1. The van der Waals surface area contributed by atoms with Gasteiger partial charge in [-0.05, 0) is 18.3 Å². The number of alkyl halides is 2. The highest BCUT2D eigenvalue weighted by Crippen LogP contribution is 2.68. The van der Waals surface area contributed by atoms with E-state index in [0.29, 0.717) is 5.78 Å². The Labute approximate surface area is 95.9 Å². The molecule has 0 aromatic heterocycles. The summed E-state index contributed by atoms with van der Waals surface area (Å²) < 4.78 is -0.286. The second-order valence-electron chi connectivity index (χ2n) is 5.10. The third-order valence-corrected chi connectivity index (χ3v) is 7.96. The normalized spacial score (nSPS) is 53.0. The number of carbonyl (C=O) groups excluding carboxylic acids is 1. The van der Waals surface area contributed by atoms with Gasteiger partial charge in [0.1, 0.15) is 0 Å². The average Bonchev–Trinajstić information content (AvgIpc) is 2.34. The molecule has 3 heteroatoms. The molecule has 0 aromatic carbocycles. The molecule has 0 amide bonds. The van der Waals surface area contributed by atoms with Crippen molar-refractivity contribution in [2.24, 2.45) is 10.8 Å². The van der Waals surface area contributed by atoms with Crippen molar-refractivity contribution in [1.82, 2.24) is 0 Å². The summed E-state index contributed by atoms with van der Waals surface area (Å²) in [5.41, 5.74) is -0.0729. The van der Waals surface area contributed by atoms with Gasteiger partial charge >= 0.3 is 0 Å². The van der Waals surface area contributed by atoms with Crippen LogP contribution in [-0.4, -0.2) is 14.9 Å². The Morgan fingerprint density at radius 2 is 1.85 bits per heavy atom. The fourth-order valence-electron chi connectivity index (χ4n) is 2.84. The molecule has 0 N–H and O–H groups in total. The first-order chi connectivity index (χ1) is 5.77. The number of hydrogen-bond donors (Lipinski definition) is 0. The van der Waals surface area contributed by atoms with Crippen LogP contribution in [-0.2, 0) is 4.79 Å². The van der Waals surface area contributed by atoms with E-state index in [4.69, 9.17) is 0 Å². The van der Waals surface area contributed by atoms with E-state index in [-0.39, 0.29) is 20.0 Å². The molecule has 0 spiro atoms. The molecule has 0 heterocycles. The summed E-state index contributed by atoms with van der Waals surface area (Å²) in [4.78, 5) is 12.4. The Kier molecular flexibility index (Phi) is 1.88. The average molecular weight is 310 g/mol. The smallest absolute Gasteiger partial charge is 0.156 e. The number of ketones is 1. The van der Waals surface area contributed by atoms with Crippen molar-refractivity contribution in [2.75, 3.05) is 0 Å². The van der Waals surface area contributed by atoms with Gasteiger partial charge in [-0.2, -0.15) is 0 Å². The first-order valence-electron chi connectivity index (χ1n) is 4.65. The number of halogens is 2. The molecule has 0 unspecified atom stereocenters. The van der Waals surface area contributed by atoms with Crippen LogP contribution in [0, 0.1) is 10.8 Å². The summed E-state index contributed by atoms with van der Waals surface area (Å²) in [6.45, 7) is 6.37. The van der Waals surface area contributed by atoms with Gasteiger partial charge in [0.2, 0.25) is 0 Å². The zero-order valence-electron chi connectivity index (χ0n) is 8.16.